The highest BCUT2D eigenvalue weighted by atomic mass is 31.1. The Morgan fingerprint density at radius 1 is 0.833 bits per heavy atom. The van der Waals surface area contributed by atoms with Crippen molar-refractivity contribution in [3.8, 4) is 0 Å². The van der Waals surface area contributed by atoms with Crippen LogP contribution in [-0.4, -0.2) is 0 Å². The highest BCUT2D eigenvalue weighted by molar-refractivity contribution is 7.25. The largest absolute Gasteiger partial charge is 0.239 e. The summed E-state index contributed by atoms with van der Waals surface area (Å²) in [5.74, 6) is 0. The van der Waals surface area contributed by atoms with Crippen LogP contribution in [0.1, 0.15) is 0 Å². The van der Waals surface area contributed by atoms with E-state index in [9.17, 15) is 0 Å². The molecule has 0 bridgehead atoms. The van der Waals surface area contributed by atoms with E-state index in [4.69, 9.17) is 0 Å². The molecule has 1 aliphatic rings. The molecule has 1 fully saturated rings. The molecule has 0 N–H and O–H groups in total. The van der Waals surface area contributed by atoms with Gasteiger partial charge < -0.3 is 0 Å². The van der Waals surface area contributed by atoms with E-state index in [1.54, 1.807) is 0 Å². The summed E-state index contributed by atoms with van der Waals surface area (Å²) in [5.41, 5.74) is 0. The Morgan fingerprint density at radius 2 is 1.50 bits per heavy atom. The molecule has 0 aromatic carbocycles. The molecule has 0 radical (unpaired) electrons. The quantitative estimate of drug-likeness (QED) is 0.332. The first-order valence-corrected chi connectivity index (χ1v) is 1.89. The van der Waals surface area contributed by atoms with E-state index in [1.165, 1.54) is 0 Å². The van der Waals surface area contributed by atoms with Crippen LogP contribution in [-0.2, 0) is 24.5 Å². The van der Waals surface area contributed by atoms with E-state index in [0.29, 0.717) is 0 Å². The minimum Gasteiger partial charge on any atom is -0.152 e. The van der Waals surface area contributed by atoms with Gasteiger partial charge in [0.25, 0.3) is 0 Å². The summed E-state index contributed by atoms with van der Waals surface area (Å²) in [6.45, 7) is 0. The van der Waals surface area contributed by atoms with Crippen molar-refractivity contribution >= 4 is 9.03 Å². The van der Waals surface area contributed by atoms with E-state index in [2.05, 4.69) is 24.5 Å². The number of hydrogen-bond donors (Lipinski definition) is 0. The van der Waals surface area contributed by atoms with Crippen LogP contribution in [0.15, 0.2) is 0 Å². The number of rotatable bonds is 0. The lowest BCUT2D eigenvalue weighted by atomic mass is 14.2. The molecule has 1 aliphatic heterocycles. The van der Waals surface area contributed by atoms with Crippen LogP contribution in [0.5, 0.6) is 0 Å². The Bertz CT molecular complexity index is 19.4. The molecule has 1 rings (SSSR count). The molecule has 0 spiro atoms. The Kier molecular flexibility index (Phi) is 1.76. The van der Waals surface area contributed by atoms with Gasteiger partial charge in [-0.05, 0) is 15.1 Å². The summed E-state index contributed by atoms with van der Waals surface area (Å²) in [4.78, 5) is 0. The van der Waals surface area contributed by atoms with Crippen LogP contribution < -0.4 is 0 Å². The van der Waals surface area contributed by atoms with Crippen LogP contribution in [0.3, 0.4) is 0 Å². The fourth-order valence-corrected chi connectivity index (χ4v) is 0.220. The topological polar surface area (TPSA) is 46.2 Å². The molecule has 0 atom stereocenters. The minimum atomic E-state index is -0.268. The van der Waals surface area contributed by atoms with Crippen LogP contribution in [0.2, 0.25) is 0 Å². The predicted molar refractivity (Wildman–Crippen MR) is 13.7 cm³/mol. The van der Waals surface area contributed by atoms with Crippen molar-refractivity contribution in [1.29, 1.82) is 0 Å². The third-order valence-corrected chi connectivity index (χ3v) is 0.464. The van der Waals surface area contributed by atoms with Crippen LogP contribution in [0.25, 0.3) is 0 Å². The zero-order chi connectivity index (χ0) is 4.24. The van der Waals surface area contributed by atoms with Gasteiger partial charge >= 0.3 is 0 Å². The minimum absolute atomic E-state index is 0.268. The lowest BCUT2D eigenvalue weighted by molar-refractivity contribution is -0.695. The van der Waals surface area contributed by atoms with Gasteiger partial charge in [-0.25, -0.2) is 0 Å². The van der Waals surface area contributed by atoms with Crippen molar-refractivity contribution in [2.75, 3.05) is 0 Å². The Morgan fingerprint density at radius 3 is 1.67 bits per heavy atom. The molecule has 36 valence electrons. The maximum Gasteiger partial charge on any atom is 0.239 e. The lowest BCUT2D eigenvalue weighted by Gasteiger charge is -2.03. The molecule has 1 saturated heterocycles. The van der Waals surface area contributed by atoms with Gasteiger partial charge in [0.1, 0.15) is 0 Å². The first-order chi connectivity index (χ1) is 3.00. The normalized spacial score (nSPS) is 24.0. The molecule has 0 saturated carbocycles. The Balaban J connectivity index is 2.00. The van der Waals surface area contributed by atoms with Crippen molar-refractivity contribution in [1.82, 2.24) is 0 Å². The van der Waals surface area contributed by atoms with Gasteiger partial charge in [0, 0.05) is 0 Å². The van der Waals surface area contributed by atoms with Crippen molar-refractivity contribution in [2.45, 2.75) is 0 Å². The molecule has 0 aromatic heterocycles. The fraction of sp³-hybridized carbons (Fsp3) is 0. The zero-order valence-corrected chi connectivity index (χ0v) is 3.54. The second kappa shape index (κ2) is 2.41. The molecular weight excluding hydrogens is 111 g/mol. The Hall–Kier alpha value is 0.230. The third-order valence-electron chi connectivity index (χ3n) is 0.192. The second-order valence-corrected chi connectivity index (χ2v) is 0.954. The molecule has 0 aliphatic carbocycles. The van der Waals surface area contributed by atoms with Gasteiger partial charge in [-0.2, -0.15) is 9.35 Å². The van der Waals surface area contributed by atoms with Gasteiger partial charge in [-0.15, -0.1) is 0 Å². The van der Waals surface area contributed by atoms with Crippen molar-refractivity contribution < 1.29 is 24.5 Å². The van der Waals surface area contributed by atoms with Gasteiger partial charge in [0.05, 0.1) is 0 Å². The van der Waals surface area contributed by atoms with Crippen molar-refractivity contribution in [3.63, 3.8) is 0 Å². The van der Waals surface area contributed by atoms with Crippen LogP contribution in [0.4, 0.5) is 0 Å². The van der Waals surface area contributed by atoms with E-state index in [1.807, 2.05) is 0 Å². The molecule has 6 heteroatoms. The summed E-state index contributed by atoms with van der Waals surface area (Å²) in [6, 6.07) is 0. The molecule has 0 unspecified atom stereocenters. The average molecular weight is 112 g/mol. The van der Waals surface area contributed by atoms with E-state index in [-0.39, 0.29) is 9.03 Å². The van der Waals surface area contributed by atoms with Crippen LogP contribution >= 0.6 is 9.03 Å². The molecule has 0 amide bonds. The summed E-state index contributed by atoms with van der Waals surface area (Å²) < 4.78 is 8.06. The zero-order valence-electron chi connectivity index (χ0n) is 2.54. The maximum absolute atomic E-state index is 4.03. The molecule has 0 aromatic rings. The maximum atomic E-state index is 4.03. The number of hydrogen-bond acceptors (Lipinski definition) is 5. The smallest absolute Gasteiger partial charge is 0.152 e. The van der Waals surface area contributed by atoms with Gasteiger partial charge in [-0.3, -0.25) is 0 Å². The fourth-order valence-electron chi connectivity index (χ4n) is 0.0808. The van der Waals surface area contributed by atoms with Crippen LogP contribution in [0, 0.1) is 0 Å². The second-order valence-electron chi connectivity index (χ2n) is 0.454. The SMILES string of the molecule is O1OOPOO1. The monoisotopic (exact) mass is 112 g/mol. The van der Waals surface area contributed by atoms with E-state index in [0.717, 1.165) is 0 Å². The molecule has 1 heterocycles. The van der Waals surface area contributed by atoms with Gasteiger partial charge in [0.2, 0.25) is 9.03 Å². The summed E-state index contributed by atoms with van der Waals surface area (Å²) in [7, 11) is -0.268. The lowest BCUT2D eigenvalue weighted by Crippen LogP contribution is -1.96. The third kappa shape index (κ3) is 1.14. The molecular formula is HO5P. The Labute approximate surface area is 34.7 Å². The summed E-state index contributed by atoms with van der Waals surface area (Å²) in [6.07, 6.45) is 0. The van der Waals surface area contributed by atoms with Gasteiger partial charge in [-0.1, -0.05) is 0 Å². The van der Waals surface area contributed by atoms with E-state index >= 15 is 0 Å². The predicted octanol–water partition coefficient (Wildman–Crippen LogP) is 0.251. The standard InChI is InChI=1S/HO5P/c1-2-4-6-5-3-1/h6H. The highest BCUT2D eigenvalue weighted by Crippen LogP contribution is 2.18. The van der Waals surface area contributed by atoms with Crippen molar-refractivity contribution in [3.05, 3.63) is 0 Å². The molecule has 5 nitrogen and oxygen atoms in total. The van der Waals surface area contributed by atoms with E-state index < -0.39 is 0 Å². The molecule has 6 heavy (non-hydrogen) atoms. The average Bonchev–Trinajstić information content (AvgIpc) is 1.72. The summed E-state index contributed by atoms with van der Waals surface area (Å²) in [5, 5.41) is 11.1. The summed E-state index contributed by atoms with van der Waals surface area (Å²) >= 11 is 0. The first-order valence-electron chi connectivity index (χ1n) is 1.07. The van der Waals surface area contributed by atoms with Gasteiger partial charge in [0.15, 0.2) is 0 Å². The van der Waals surface area contributed by atoms with Crippen molar-refractivity contribution in [2.24, 2.45) is 0 Å². The first kappa shape index (κ1) is 4.39. The highest BCUT2D eigenvalue weighted by Gasteiger charge is 1.99.